The molecule has 1 atom stereocenters. The van der Waals surface area contributed by atoms with Crippen LogP contribution in [0.3, 0.4) is 0 Å². The molecule has 1 amide bonds. The SMILES string of the molecule is CCC(Nc1cccnc1Cl)C(=O)N1CCCSCC1. The first kappa shape index (κ1) is 15.4. The predicted molar refractivity (Wildman–Crippen MR) is 85.5 cm³/mol. The zero-order chi connectivity index (χ0) is 14.4. The molecule has 20 heavy (non-hydrogen) atoms. The number of nitrogens with zero attached hydrogens (tertiary/aromatic N) is 2. The third kappa shape index (κ3) is 4.03. The largest absolute Gasteiger partial charge is 0.371 e. The second-order valence-corrected chi connectivity index (χ2v) is 6.32. The average Bonchev–Trinajstić information content (AvgIpc) is 2.75. The van der Waals surface area contributed by atoms with Crippen molar-refractivity contribution in [3.05, 3.63) is 23.5 Å². The van der Waals surface area contributed by atoms with Gasteiger partial charge in [0.05, 0.1) is 5.69 Å². The van der Waals surface area contributed by atoms with Gasteiger partial charge >= 0.3 is 0 Å². The molecule has 1 saturated heterocycles. The van der Waals surface area contributed by atoms with Crippen LogP contribution in [0.2, 0.25) is 5.15 Å². The lowest BCUT2D eigenvalue weighted by atomic mass is 10.1. The van der Waals surface area contributed by atoms with Gasteiger partial charge in [0.2, 0.25) is 5.91 Å². The van der Waals surface area contributed by atoms with Crippen LogP contribution >= 0.6 is 23.4 Å². The second-order valence-electron chi connectivity index (χ2n) is 4.74. The van der Waals surface area contributed by atoms with Gasteiger partial charge in [0.25, 0.3) is 0 Å². The number of anilines is 1. The lowest BCUT2D eigenvalue weighted by Gasteiger charge is -2.26. The Bertz CT molecular complexity index is 450. The minimum Gasteiger partial charge on any atom is -0.371 e. The number of hydrogen-bond acceptors (Lipinski definition) is 4. The first-order chi connectivity index (χ1) is 9.72. The van der Waals surface area contributed by atoms with Gasteiger partial charge < -0.3 is 10.2 Å². The number of halogens is 1. The normalized spacial score (nSPS) is 17.4. The van der Waals surface area contributed by atoms with E-state index in [0.717, 1.165) is 43.1 Å². The minimum absolute atomic E-state index is 0.162. The number of thioether (sulfide) groups is 1. The number of carbonyl (C=O) groups excluding carboxylic acids is 1. The molecule has 2 heterocycles. The van der Waals surface area contributed by atoms with Gasteiger partial charge in [0.15, 0.2) is 5.15 Å². The molecule has 4 nitrogen and oxygen atoms in total. The molecule has 1 aliphatic rings. The maximum absolute atomic E-state index is 12.6. The van der Waals surface area contributed by atoms with Gasteiger partial charge in [-0.05, 0) is 30.7 Å². The second kappa shape index (κ2) is 7.74. The van der Waals surface area contributed by atoms with Crippen LogP contribution in [-0.2, 0) is 4.79 Å². The molecule has 0 radical (unpaired) electrons. The van der Waals surface area contributed by atoms with Crippen LogP contribution in [0.1, 0.15) is 19.8 Å². The third-order valence-electron chi connectivity index (χ3n) is 3.33. The molecule has 1 aromatic rings. The number of rotatable bonds is 4. The van der Waals surface area contributed by atoms with Crippen molar-refractivity contribution >= 4 is 35.0 Å². The van der Waals surface area contributed by atoms with Crippen LogP contribution in [0, 0.1) is 0 Å². The highest BCUT2D eigenvalue weighted by Gasteiger charge is 2.24. The van der Waals surface area contributed by atoms with Gasteiger partial charge in [-0.25, -0.2) is 4.98 Å². The molecule has 2 rings (SSSR count). The van der Waals surface area contributed by atoms with Gasteiger partial charge in [0, 0.05) is 25.0 Å². The lowest BCUT2D eigenvalue weighted by molar-refractivity contribution is -0.131. The molecule has 0 saturated carbocycles. The topological polar surface area (TPSA) is 45.2 Å². The van der Waals surface area contributed by atoms with Crippen molar-refractivity contribution in [3.8, 4) is 0 Å². The fraction of sp³-hybridized carbons (Fsp3) is 0.571. The van der Waals surface area contributed by atoms with Crippen LogP contribution in [0.15, 0.2) is 18.3 Å². The maximum Gasteiger partial charge on any atom is 0.245 e. The number of hydrogen-bond donors (Lipinski definition) is 1. The Hall–Kier alpha value is -0.940. The number of pyridine rings is 1. The summed E-state index contributed by atoms with van der Waals surface area (Å²) < 4.78 is 0. The summed E-state index contributed by atoms with van der Waals surface area (Å²) in [6.07, 6.45) is 3.44. The fourth-order valence-corrected chi connectivity index (χ4v) is 3.27. The van der Waals surface area contributed by atoms with E-state index in [4.69, 9.17) is 11.6 Å². The Balaban J connectivity index is 2.03. The van der Waals surface area contributed by atoms with Crippen molar-refractivity contribution in [2.24, 2.45) is 0 Å². The van der Waals surface area contributed by atoms with Gasteiger partial charge in [-0.3, -0.25) is 4.79 Å². The Morgan fingerprint density at radius 1 is 1.55 bits per heavy atom. The number of carbonyl (C=O) groups is 1. The van der Waals surface area contributed by atoms with E-state index in [1.165, 1.54) is 0 Å². The minimum atomic E-state index is -0.236. The van der Waals surface area contributed by atoms with Gasteiger partial charge in [-0.15, -0.1) is 0 Å². The highest BCUT2D eigenvalue weighted by molar-refractivity contribution is 7.99. The Labute approximate surface area is 129 Å². The molecule has 110 valence electrons. The van der Waals surface area contributed by atoms with E-state index in [0.29, 0.717) is 5.15 Å². The molecule has 1 aromatic heterocycles. The summed E-state index contributed by atoms with van der Waals surface area (Å²) in [4.78, 5) is 18.6. The van der Waals surface area contributed by atoms with Crippen molar-refractivity contribution in [2.45, 2.75) is 25.8 Å². The molecule has 1 aliphatic heterocycles. The van der Waals surface area contributed by atoms with Crippen molar-refractivity contribution in [1.29, 1.82) is 0 Å². The zero-order valence-electron chi connectivity index (χ0n) is 11.6. The molecule has 0 bridgehead atoms. The number of aromatic nitrogens is 1. The molecule has 0 spiro atoms. The lowest BCUT2D eigenvalue weighted by Crippen LogP contribution is -2.43. The molecule has 1 unspecified atom stereocenters. The first-order valence-corrected chi connectivity index (χ1v) is 8.49. The molecule has 0 aromatic carbocycles. The Morgan fingerprint density at radius 2 is 2.40 bits per heavy atom. The summed E-state index contributed by atoms with van der Waals surface area (Å²) in [5, 5.41) is 3.63. The summed E-state index contributed by atoms with van der Waals surface area (Å²) in [7, 11) is 0. The van der Waals surface area contributed by atoms with E-state index in [9.17, 15) is 4.79 Å². The molecule has 1 N–H and O–H groups in total. The van der Waals surface area contributed by atoms with E-state index < -0.39 is 0 Å². The monoisotopic (exact) mass is 313 g/mol. The average molecular weight is 314 g/mol. The van der Waals surface area contributed by atoms with E-state index in [1.807, 2.05) is 35.7 Å². The quantitative estimate of drug-likeness (QED) is 0.868. The molecular weight excluding hydrogens is 294 g/mol. The van der Waals surface area contributed by atoms with Crippen molar-refractivity contribution in [3.63, 3.8) is 0 Å². The zero-order valence-corrected chi connectivity index (χ0v) is 13.2. The maximum atomic E-state index is 12.6. The Morgan fingerprint density at radius 3 is 3.15 bits per heavy atom. The first-order valence-electron chi connectivity index (χ1n) is 6.96. The molecule has 6 heteroatoms. The van der Waals surface area contributed by atoms with Crippen LogP contribution < -0.4 is 5.32 Å². The highest BCUT2D eigenvalue weighted by atomic mass is 35.5. The van der Waals surface area contributed by atoms with Crippen LogP contribution in [0.5, 0.6) is 0 Å². The summed E-state index contributed by atoms with van der Waals surface area (Å²) in [5.74, 6) is 2.33. The standard InChI is InChI=1S/C14H20ClN3OS/c1-2-11(17-12-5-3-6-16-13(12)15)14(19)18-7-4-9-20-10-8-18/h3,5-6,11,17H,2,4,7-10H2,1H3. The van der Waals surface area contributed by atoms with Crippen LogP contribution in [0.25, 0.3) is 0 Å². The van der Waals surface area contributed by atoms with Gasteiger partial charge in [-0.1, -0.05) is 18.5 Å². The molecular formula is C14H20ClN3OS. The van der Waals surface area contributed by atoms with Crippen molar-refractivity contribution in [1.82, 2.24) is 9.88 Å². The van der Waals surface area contributed by atoms with Crippen LogP contribution in [0.4, 0.5) is 5.69 Å². The van der Waals surface area contributed by atoms with Gasteiger partial charge in [-0.2, -0.15) is 11.8 Å². The van der Waals surface area contributed by atoms with E-state index in [1.54, 1.807) is 6.20 Å². The van der Waals surface area contributed by atoms with Crippen molar-refractivity contribution < 1.29 is 4.79 Å². The Kier molecular flexibility index (Phi) is 5.98. The predicted octanol–water partition coefficient (Wildman–Crippen LogP) is 2.89. The summed E-state index contributed by atoms with van der Waals surface area (Å²) in [6, 6.07) is 3.43. The summed E-state index contributed by atoms with van der Waals surface area (Å²) >= 11 is 7.96. The fourth-order valence-electron chi connectivity index (χ4n) is 2.21. The molecule has 1 fully saturated rings. The van der Waals surface area contributed by atoms with E-state index >= 15 is 0 Å². The van der Waals surface area contributed by atoms with Crippen molar-refractivity contribution in [2.75, 3.05) is 29.9 Å². The number of nitrogens with one attached hydrogen (secondary N) is 1. The number of amides is 1. The smallest absolute Gasteiger partial charge is 0.245 e. The van der Waals surface area contributed by atoms with E-state index in [-0.39, 0.29) is 11.9 Å². The summed E-state index contributed by atoms with van der Waals surface area (Å²) in [6.45, 7) is 3.69. The molecule has 0 aliphatic carbocycles. The van der Waals surface area contributed by atoms with Crippen LogP contribution in [-0.4, -0.2) is 46.4 Å². The van der Waals surface area contributed by atoms with Gasteiger partial charge in [0.1, 0.15) is 6.04 Å². The highest BCUT2D eigenvalue weighted by Crippen LogP contribution is 2.20. The third-order valence-corrected chi connectivity index (χ3v) is 4.68. The van der Waals surface area contributed by atoms with E-state index in [2.05, 4.69) is 10.3 Å². The summed E-state index contributed by atoms with van der Waals surface area (Å²) in [5.41, 5.74) is 0.721.